The molecule has 146 valence electrons. The molecule has 1 aliphatic rings. The largest absolute Gasteiger partial charge is 0.418 e. The van der Waals surface area contributed by atoms with E-state index in [1.54, 1.807) is 0 Å². The van der Waals surface area contributed by atoms with E-state index in [1.165, 1.54) is 12.3 Å². The molecule has 0 radical (unpaired) electrons. The third-order valence-corrected chi connectivity index (χ3v) is 5.40. The van der Waals surface area contributed by atoms with Crippen LogP contribution in [0.25, 0.3) is 0 Å². The Balaban J connectivity index is 1.84. The van der Waals surface area contributed by atoms with E-state index in [4.69, 9.17) is 4.74 Å². The number of hydrogen-bond acceptors (Lipinski definition) is 3. The fraction of sp³-hybridized carbons (Fsp3) is 0.450. The number of alkyl halides is 3. The minimum absolute atomic E-state index is 0.0474. The third-order valence-electron chi connectivity index (χ3n) is 4.66. The van der Waals surface area contributed by atoms with Crippen LogP contribution in [0.5, 0.6) is 0 Å². The lowest BCUT2D eigenvalue weighted by molar-refractivity contribution is -0.138. The molecule has 1 unspecified atom stereocenters. The van der Waals surface area contributed by atoms with Gasteiger partial charge in [0, 0.05) is 36.9 Å². The number of halogens is 4. The average Bonchev–Trinajstić information content (AvgIpc) is 3.10. The van der Waals surface area contributed by atoms with Crippen LogP contribution in [-0.4, -0.2) is 29.1 Å². The molecule has 0 aliphatic carbocycles. The molecule has 7 heteroatoms. The third kappa shape index (κ3) is 5.53. The van der Waals surface area contributed by atoms with Gasteiger partial charge in [-0.1, -0.05) is 28.1 Å². The summed E-state index contributed by atoms with van der Waals surface area (Å²) in [4.78, 5) is 6.01. The zero-order chi connectivity index (χ0) is 19.4. The first-order valence-electron chi connectivity index (χ1n) is 8.93. The molecule has 0 amide bonds. The van der Waals surface area contributed by atoms with Gasteiger partial charge in [-0.15, -0.1) is 0 Å². The predicted molar refractivity (Wildman–Crippen MR) is 101 cm³/mol. The summed E-state index contributed by atoms with van der Waals surface area (Å²) >= 11 is 3.57. The van der Waals surface area contributed by atoms with Crippen molar-refractivity contribution in [3.05, 3.63) is 63.4 Å². The normalized spacial score (nSPS) is 17.6. The molecule has 2 heterocycles. The van der Waals surface area contributed by atoms with Gasteiger partial charge in [-0.3, -0.25) is 9.88 Å². The molecule has 27 heavy (non-hydrogen) atoms. The zero-order valence-electron chi connectivity index (χ0n) is 15.1. The molecule has 1 aliphatic heterocycles. The summed E-state index contributed by atoms with van der Waals surface area (Å²) < 4.78 is 46.7. The van der Waals surface area contributed by atoms with Crippen molar-refractivity contribution in [3.8, 4) is 0 Å². The highest BCUT2D eigenvalue weighted by atomic mass is 79.9. The van der Waals surface area contributed by atoms with Crippen LogP contribution < -0.4 is 0 Å². The Morgan fingerprint density at radius 3 is 2.74 bits per heavy atom. The zero-order valence-corrected chi connectivity index (χ0v) is 16.7. The van der Waals surface area contributed by atoms with Gasteiger partial charge in [0.05, 0.1) is 17.4 Å². The van der Waals surface area contributed by atoms with Crippen LogP contribution in [0.3, 0.4) is 0 Å². The van der Waals surface area contributed by atoms with Crippen molar-refractivity contribution in [2.75, 3.05) is 13.2 Å². The molecule has 1 aromatic carbocycles. The van der Waals surface area contributed by atoms with E-state index in [1.807, 2.05) is 30.0 Å². The van der Waals surface area contributed by atoms with E-state index >= 15 is 0 Å². The van der Waals surface area contributed by atoms with Gasteiger partial charge in [0.2, 0.25) is 0 Å². The highest BCUT2D eigenvalue weighted by Crippen LogP contribution is 2.32. The Morgan fingerprint density at radius 1 is 1.26 bits per heavy atom. The van der Waals surface area contributed by atoms with Gasteiger partial charge in [-0.25, -0.2) is 0 Å². The van der Waals surface area contributed by atoms with E-state index in [0.717, 1.165) is 34.5 Å². The minimum Gasteiger partial charge on any atom is -0.377 e. The van der Waals surface area contributed by atoms with Crippen molar-refractivity contribution < 1.29 is 17.9 Å². The summed E-state index contributed by atoms with van der Waals surface area (Å²) in [5, 5.41) is 0. The molecule has 2 aromatic rings. The van der Waals surface area contributed by atoms with Crippen LogP contribution in [0, 0.1) is 6.92 Å². The molecule has 1 saturated heterocycles. The summed E-state index contributed by atoms with van der Waals surface area (Å²) in [5.41, 5.74) is 1.53. The van der Waals surface area contributed by atoms with Crippen molar-refractivity contribution in [1.82, 2.24) is 9.88 Å². The van der Waals surface area contributed by atoms with E-state index < -0.39 is 11.7 Å². The van der Waals surface area contributed by atoms with Gasteiger partial charge in [-0.05, 0) is 49.1 Å². The standard InChI is InChI=1S/C20H22BrF3N2O/c1-14-6-7-15(18(21)10-14)11-26(12-16-4-3-9-27-16)13-19-17(20(22,23)24)5-2-8-25-19/h2,5-8,10,16H,3-4,9,11-13H2,1H3. The SMILES string of the molecule is Cc1ccc(CN(Cc2ncccc2C(F)(F)F)CC2CCCO2)c(Br)c1. The topological polar surface area (TPSA) is 25.4 Å². The molecule has 3 rings (SSSR count). The molecule has 0 N–H and O–H groups in total. The van der Waals surface area contributed by atoms with Crippen molar-refractivity contribution in [1.29, 1.82) is 0 Å². The number of ether oxygens (including phenoxy) is 1. The first-order chi connectivity index (χ1) is 12.8. The second-order valence-corrected chi connectivity index (χ2v) is 7.75. The number of rotatable bonds is 6. The van der Waals surface area contributed by atoms with Gasteiger partial charge in [-0.2, -0.15) is 13.2 Å². The van der Waals surface area contributed by atoms with E-state index in [0.29, 0.717) is 19.7 Å². The maximum absolute atomic E-state index is 13.3. The van der Waals surface area contributed by atoms with E-state index in [9.17, 15) is 13.2 Å². The Morgan fingerprint density at radius 2 is 2.07 bits per heavy atom. The summed E-state index contributed by atoms with van der Waals surface area (Å²) in [6.45, 7) is 3.94. The summed E-state index contributed by atoms with van der Waals surface area (Å²) in [6.07, 6.45) is -1.03. The number of benzene rings is 1. The fourth-order valence-electron chi connectivity index (χ4n) is 3.32. The Bertz CT molecular complexity index is 776. The molecule has 1 atom stereocenters. The van der Waals surface area contributed by atoms with Crippen LogP contribution in [-0.2, 0) is 24.0 Å². The number of aromatic nitrogens is 1. The second-order valence-electron chi connectivity index (χ2n) is 6.89. The van der Waals surface area contributed by atoms with Crippen LogP contribution in [0.2, 0.25) is 0 Å². The highest BCUT2D eigenvalue weighted by molar-refractivity contribution is 9.10. The monoisotopic (exact) mass is 442 g/mol. The summed E-state index contributed by atoms with van der Waals surface area (Å²) in [5.74, 6) is 0. The minimum atomic E-state index is -4.41. The van der Waals surface area contributed by atoms with Crippen LogP contribution in [0.15, 0.2) is 41.0 Å². The van der Waals surface area contributed by atoms with Gasteiger partial charge in [0.1, 0.15) is 0 Å². The quantitative estimate of drug-likeness (QED) is 0.602. The molecule has 0 spiro atoms. The lowest BCUT2D eigenvalue weighted by atomic mass is 10.1. The first kappa shape index (κ1) is 20.3. The predicted octanol–water partition coefficient (Wildman–Crippen LogP) is 5.35. The van der Waals surface area contributed by atoms with Crippen molar-refractivity contribution in [2.45, 2.75) is 45.1 Å². The van der Waals surface area contributed by atoms with Crippen molar-refractivity contribution in [2.24, 2.45) is 0 Å². The Labute approximate surface area is 165 Å². The first-order valence-corrected chi connectivity index (χ1v) is 9.72. The van der Waals surface area contributed by atoms with Gasteiger partial charge < -0.3 is 4.74 Å². The second kappa shape index (κ2) is 8.71. The lowest BCUT2D eigenvalue weighted by Gasteiger charge is -2.26. The Kier molecular flexibility index (Phi) is 6.55. The molecule has 0 saturated carbocycles. The molecule has 1 fully saturated rings. The van der Waals surface area contributed by atoms with Crippen molar-refractivity contribution >= 4 is 15.9 Å². The average molecular weight is 443 g/mol. The smallest absolute Gasteiger partial charge is 0.377 e. The number of hydrogen-bond donors (Lipinski definition) is 0. The molecular weight excluding hydrogens is 421 g/mol. The van der Waals surface area contributed by atoms with Gasteiger partial charge in [0.15, 0.2) is 0 Å². The van der Waals surface area contributed by atoms with Crippen LogP contribution in [0.1, 0.15) is 35.2 Å². The maximum Gasteiger partial charge on any atom is 0.418 e. The highest BCUT2D eigenvalue weighted by Gasteiger charge is 2.34. The van der Waals surface area contributed by atoms with Crippen LogP contribution >= 0.6 is 15.9 Å². The Hall–Kier alpha value is -1.44. The van der Waals surface area contributed by atoms with Crippen molar-refractivity contribution in [3.63, 3.8) is 0 Å². The van der Waals surface area contributed by atoms with Crippen LogP contribution in [0.4, 0.5) is 13.2 Å². The number of nitrogens with zero attached hydrogens (tertiary/aromatic N) is 2. The van der Waals surface area contributed by atoms with E-state index in [-0.39, 0.29) is 18.3 Å². The lowest BCUT2D eigenvalue weighted by Crippen LogP contribution is -2.32. The van der Waals surface area contributed by atoms with Gasteiger partial charge >= 0.3 is 6.18 Å². The molecular formula is C20H22BrF3N2O. The summed E-state index contributed by atoms with van der Waals surface area (Å²) in [7, 11) is 0. The number of pyridine rings is 1. The molecule has 1 aromatic heterocycles. The van der Waals surface area contributed by atoms with Gasteiger partial charge in [0.25, 0.3) is 0 Å². The number of aryl methyl sites for hydroxylation is 1. The van der Waals surface area contributed by atoms with E-state index in [2.05, 4.69) is 20.9 Å². The molecule has 0 bridgehead atoms. The molecule has 3 nitrogen and oxygen atoms in total. The maximum atomic E-state index is 13.3. The summed E-state index contributed by atoms with van der Waals surface area (Å²) in [6, 6.07) is 8.44. The fourth-order valence-corrected chi connectivity index (χ4v) is 3.94.